The van der Waals surface area contributed by atoms with Gasteiger partial charge in [-0.05, 0) is 50.2 Å². The van der Waals surface area contributed by atoms with E-state index in [-0.39, 0.29) is 17.9 Å². The Morgan fingerprint density at radius 3 is 2.67 bits per heavy atom. The molecule has 130 valence electrons. The third-order valence-corrected chi connectivity index (χ3v) is 4.72. The third kappa shape index (κ3) is 3.99. The summed E-state index contributed by atoms with van der Waals surface area (Å²) in [5.41, 5.74) is 0.468. The monoisotopic (exact) mass is 333 g/mol. The molecule has 24 heavy (non-hydrogen) atoms. The van der Waals surface area contributed by atoms with Gasteiger partial charge >= 0.3 is 5.97 Å². The minimum atomic E-state index is -0.787. The van der Waals surface area contributed by atoms with E-state index in [9.17, 15) is 9.59 Å². The fourth-order valence-electron chi connectivity index (χ4n) is 3.03. The summed E-state index contributed by atoms with van der Waals surface area (Å²) in [7, 11) is 1.57. The van der Waals surface area contributed by atoms with E-state index in [1.807, 2.05) is 0 Å². The van der Waals surface area contributed by atoms with Crippen LogP contribution in [-0.4, -0.2) is 36.7 Å². The van der Waals surface area contributed by atoms with Gasteiger partial charge in [0.15, 0.2) is 0 Å². The molecule has 1 amide bonds. The first-order valence-electron chi connectivity index (χ1n) is 8.41. The van der Waals surface area contributed by atoms with Crippen molar-refractivity contribution in [3.8, 4) is 11.5 Å². The number of hydrogen-bond acceptors (Lipinski definition) is 4. The highest BCUT2D eigenvalue weighted by Crippen LogP contribution is 2.32. The van der Waals surface area contributed by atoms with Crippen LogP contribution in [0.25, 0.3) is 0 Å². The van der Waals surface area contributed by atoms with Crippen LogP contribution in [0.3, 0.4) is 0 Å². The van der Waals surface area contributed by atoms with E-state index < -0.39 is 5.97 Å². The van der Waals surface area contributed by atoms with Crippen LogP contribution in [0.5, 0.6) is 11.5 Å². The van der Waals surface area contributed by atoms with Gasteiger partial charge in [0.05, 0.1) is 25.2 Å². The number of nitrogens with one attached hydrogen (secondary N) is 1. The van der Waals surface area contributed by atoms with E-state index in [1.165, 1.54) is 12.8 Å². The fourth-order valence-corrected chi connectivity index (χ4v) is 3.03. The number of carbonyl (C=O) groups is 2. The van der Waals surface area contributed by atoms with E-state index in [0.29, 0.717) is 48.8 Å². The fraction of sp³-hybridized carbons (Fsp3) is 0.556. The predicted molar refractivity (Wildman–Crippen MR) is 87.4 cm³/mol. The third-order valence-electron chi connectivity index (χ3n) is 4.72. The van der Waals surface area contributed by atoms with Crippen LogP contribution in [-0.2, 0) is 4.79 Å². The molecule has 0 aliphatic heterocycles. The summed E-state index contributed by atoms with van der Waals surface area (Å²) in [4.78, 5) is 23.6. The molecule has 0 spiro atoms. The standard InChI is InChI=1S/C18H23NO5/c1-23-14-6-7-15(16(9-14)24-10-11-2-3-11)17(20)19-13-5-4-12(8-13)18(21)22/h6-7,9,11-13H,2-5,8,10H2,1H3,(H,19,20)(H,21,22)/t12-,13+/m0/s1. The van der Waals surface area contributed by atoms with Crippen molar-refractivity contribution in [3.63, 3.8) is 0 Å². The Morgan fingerprint density at radius 1 is 1.25 bits per heavy atom. The van der Waals surface area contributed by atoms with E-state index >= 15 is 0 Å². The molecule has 0 aromatic heterocycles. The van der Waals surface area contributed by atoms with Crippen molar-refractivity contribution in [2.45, 2.75) is 38.1 Å². The quantitative estimate of drug-likeness (QED) is 0.801. The molecule has 6 nitrogen and oxygen atoms in total. The normalized spacial score (nSPS) is 22.9. The largest absolute Gasteiger partial charge is 0.497 e. The number of hydrogen-bond donors (Lipinski definition) is 2. The Kier molecular flexibility index (Phi) is 4.92. The average Bonchev–Trinajstić information content (AvgIpc) is 3.29. The molecule has 0 unspecified atom stereocenters. The molecule has 1 aromatic rings. The Bertz CT molecular complexity index is 626. The molecule has 2 aliphatic rings. The van der Waals surface area contributed by atoms with E-state index in [2.05, 4.69) is 5.32 Å². The van der Waals surface area contributed by atoms with Crippen molar-refractivity contribution in [3.05, 3.63) is 23.8 Å². The Hall–Kier alpha value is -2.24. The van der Waals surface area contributed by atoms with Gasteiger partial charge in [-0.1, -0.05) is 0 Å². The molecule has 1 aromatic carbocycles. The van der Waals surface area contributed by atoms with Gasteiger partial charge in [-0.2, -0.15) is 0 Å². The molecule has 0 heterocycles. The van der Waals surface area contributed by atoms with E-state index in [0.717, 1.165) is 0 Å². The van der Waals surface area contributed by atoms with Crippen LogP contribution in [0, 0.1) is 11.8 Å². The summed E-state index contributed by atoms with van der Waals surface area (Å²) in [5.74, 6) is 0.370. The van der Waals surface area contributed by atoms with Gasteiger partial charge < -0.3 is 19.9 Å². The number of carboxylic acids is 1. The number of methoxy groups -OCH3 is 1. The van der Waals surface area contributed by atoms with Gasteiger partial charge in [0.1, 0.15) is 11.5 Å². The maximum absolute atomic E-state index is 12.6. The summed E-state index contributed by atoms with van der Waals surface area (Å²) in [6.07, 6.45) is 4.12. The van der Waals surface area contributed by atoms with Crippen LogP contribution >= 0.6 is 0 Å². The number of carbonyl (C=O) groups excluding carboxylic acids is 1. The maximum atomic E-state index is 12.6. The molecular formula is C18H23NO5. The number of aliphatic carboxylic acids is 1. The van der Waals surface area contributed by atoms with Gasteiger partial charge in [-0.25, -0.2) is 0 Å². The molecule has 6 heteroatoms. The highest BCUT2D eigenvalue weighted by Gasteiger charge is 2.31. The first-order chi connectivity index (χ1) is 11.6. The van der Waals surface area contributed by atoms with Gasteiger partial charge in [-0.3, -0.25) is 9.59 Å². The first-order valence-corrected chi connectivity index (χ1v) is 8.41. The van der Waals surface area contributed by atoms with Crippen molar-refractivity contribution in [1.29, 1.82) is 0 Å². The number of amides is 1. The second-order valence-corrected chi connectivity index (χ2v) is 6.64. The van der Waals surface area contributed by atoms with Crippen molar-refractivity contribution in [2.24, 2.45) is 11.8 Å². The zero-order valence-electron chi connectivity index (χ0n) is 13.8. The Balaban J connectivity index is 1.67. The zero-order valence-corrected chi connectivity index (χ0v) is 13.8. The summed E-state index contributed by atoms with van der Waals surface area (Å²) in [5, 5.41) is 12.0. The van der Waals surface area contributed by atoms with Gasteiger partial charge in [0.25, 0.3) is 5.91 Å². The smallest absolute Gasteiger partial charge is 0.306 e. The molecular weight excluding hydrogens is 310 g/mol. The summed E-state index contributed by atoms with van der Waals surface area (Å²) in [6.45, 7) is 0.609. The van der Waals surface area contributed by atoms with Gasteiger partial charge in [-0.15, -0.1) is 0 Å². The number of ether oxygens (including phenoxy) is 2. The lowest BCUT2D eigenvalue weighted by atomic mass is 10.1. The van der Waals surface area contributed by atoms with Crippen molar-refractivity contribution >= 4 is 11.9 Å². The Labute approximate surface area is 141 Å². The van der Waals surface area contributed by atoms with Crippen molar-refractivity contribution < 1.29 is 24.2 Å². The minimum Gasteiger partial charge on any atom is -0.497 e. The van der Waals surface area contributed by atoms with E-state index in [1.54, 1.807) is 25.3 Å². The highest BCUT2D eigenvalue weighted by molar-refractivity contribution is 5.97. The van der Waals surface area contributed by atoms with Crippen LogP contribution in [0.15, 0.2) is 18.2 Å². The second kappa shape index (κ2) is 7.11. The Morgan fingerprint density at radius 2 is 2.04 bits per heavy atom. The maximum Gasteiger partial charge on any atom is 0.306 e. The van der Waals surface area contributed by atoms with Gasteiger partial charge in [0, 0.05) is 12.1 Å². The van der Waals surface area contributed by atoms with Crippen LogP contribution in [0.4, 0.5) is 0 Å². The molecule has 2 saturated carbocycles. The molecule has 2 atom stereocenters. The van der Waals surface area contributed by atoms with Crippen molar-refractivity contribution in [2.75, 3.05) is 13.7 Å². The molecule has 3 rings (SSSR count). The topological polar surface area (TPSA) is 84.9 Å². The average molecular weight is 333 g/mol. The van der Waals surface area contributed by atoms with Crippen LogP contribution in [0.1, 0.15) is 42.5 Å². The molecule has 2 N–H and O–H groups in total. The van der Waals surface area contributed by atoms with E-state index in [4.69, 9.17) is 14.6 Å². The molecule has 2 aliphatic carbocycles. The van der Waals surface area contributed by atoms with Gasteiger partial charge in [0.2, 0.25) is 0 Å². The van der Waals surface area contributed by atoms with Crippen LogP contribution < -0.4 is 14.8 Å². The summed E-state index contributed by atoms with van der Waals surface area (Å²) in [6, 6.07) is 5.05. The number of benzene rings is 1. The summed E-state index contributed by atoms with van der Waals surface area (Å²) >= 11 is 0. The second-order valence-electron chi connectivity index (χ2n) is 6.64. The minimum absolute atomic E-state index is 0.100. The molecule has 0 radical (unpaired) electrons. The highest BCUT2D eigenvalue weighted by atomic mass is 16.5. The molecule has 0 saturated heterocycles. The number of rotatable bonds is 7. The lowest BCUT2D eigenvalue weighted by Gasteiger charge is -2.16. The van der Waals surface area contributed by atoms with Crippen molar-refractivity contribution in [1.82, 2.24) is 5.32 Å². The molecule has 0 bridgehead atoms. The lowest BCUT2D eigenvalue weighted by molar-refractivity contribution is -0.141. The SMILES string of the molecule is COc1ccc(C(=O)N[C@@H]2CC[C@H](C(=O)O)C2)c(OCC2CC2)c1. The lowest BCUT2D eigenvalue weighted by Crippen LogP contribution is -2.33. The van der Waals surface area contributed by atoms with Crippen LogP contribution in [0.2, 0.25) is 0 Å². The number of carboxylic acid groups (broad SMARTS) is 1. The predicted octanol–water partition coefficient (Wildman–Crippen LogP) is 2.47. The first kappa shape index (κ1) is 16.6. The summed E-state index contributed by atoms with van der Waals surface area (Å²) < 4.78 is 11.0. The molecule has 2 fully saturated rings. The zero-order chi connectivity index (χ0) is 17.1.